The maximum atomic E-state index is 11.6. The van der Waals surface area contributed by atoms with Gasteiger partial charge in [-0.05, 0) is 24.5 Å². The fourth-order valence-corrected chi connectivity index (χ4v) is 2.26. The molecule has 1 aliphatic rings. The molecule has 1 amide bonds. The standard InChI is InChI=1S/C13H18N4O3/c1-14-10-5-4-9(7-12(10)17(19)20)8-16-11-3-2-6-15-13(11)18/h4-5,7,11,14,16H,2-3,6,8H2,1H3,(H,15,18). The first kappa shape index (κ1) is 14.3. The van der Waals surface area contributed by atoms with Gasteiger partial charge < -0.3 is 16.0 Å². The van der Waals surface area contributed by atoms with Gasteiger partial charge in [-0.1, -0.05) is 6.07 Å². The molecule has 0 spiro atoms. The number of amides is 1. The molecule has 1 saturated heterocycles. The molecule has 0 aromatic heterocycles. The van der Waals surface area contributed by atoms with Gasteiger partial charge in [0.15, 0.2) is 0 Å². The molecule has 1 aromatic carbocycles. The van der Waals surface area contributed by atoms with Gasteiger partial charge in [0, 0.05) is 26.2 Å². The van der Waals surface area contributed by atoms with Gasteiger partial charge in [-0.25, -0.2) is 0 Å². The average Bonchev–Trinajstić information content (AvgIpc) is 2.46. The van der Waals surface area contributed by atoms with E-state index in [1.165, 1.54) is 6.07 Å². The molecule has 3 N–H and O–H groups in total. The monoisotopic (exact) mass is 278 g/mol. The highest BCUT2D eigenvalue weighted by atomic mass is 16.6. The van der Waals surface area contributed by atoms with Crippen LogP contribution in [0.15, 0.2) is 18.2 Å². The first-order chi connectivity index (χ1) is 9.61. The number of nitrogens with one attached hydrogen (secondary N) is 3. The lowest BCUT2D eigenvalue weighted by Gasteiger charge is -2.22. The Labute approximate surface area is 116 Å². The lowest BCUT2D eigenvalue weighted by atomic mass is 10.1. The number of anilines is 1. The third-order valence-corrected chi connectivity index (χ3v) is 3.37. The fourth-order valence-electron chi connectivity index (χ4n) is 2.26. The second kappa shape index (κ2) is 6.33. The van der Waals surface area contributed by atoms with E-state index < -0.39 is 4.92 Å². The summed E-state index contributed by atoms with van der Waals surface area (Å²) in [5, 5.41) is 19.7. The summed E-state index contributed by atoms with van der Waals surface area (Å²) in [4.78, 5) is 22.2. The number of hydrogen-bond donors (Lipinski definition) is 3. The van der Waals surface area contributed by atoms with Gasteiger partial charge in [-0.2, -0.15) is 0 Å². The molecule has 0 bridgehead atoms. The van der Waals surface area contributed by atoms with Crippen molar-refractivity contribution in [3.8, 4) is 0 Å². The van der Waals surface area contributed by atoms with Crippen molar-refractivity contribution in [1.29, 1.82) is 0 Å². The number of rotatable bonds is 5. The van der Waals surface area contributed by atoms with E-state index in [1.807, 2.05) is 6.07 Å². The van der Waals surface area contributed by atoms with E-state index in [4.69, 9.17) is 0 Å². The molecule has 2 rings (SSSR count). The summed E-state index contributed by atoms with van der Waals surface area (Å²) in [6.45, 7) is 1.16. The minimum absolute atomic E-state index is 0.00223. The SMILES string of the molecule is CNc1ccc(CNC2CCCNC2=O)cc1[N+](=O)[O-]. The van der Waals surface area contributed by atoms with Crippen LogP contribution in [0.1, 0.15) is 18.4 Å². The summed E-state index contributed by atoms with van der Waals surface area (Å²) in [6, 6.07) is 4.80. The molecule has 1 atom stereocenters. The van der Waals surface area contributed by atoms with Gasteiger partial charge in [0.2, 0.25) is 5.91 Å². The Morgan fingerprint density at radius 3 is 2.95 bits per heavy atom. The number of hydrogen-bond acceptors (Lipinski definition) is 5. The predicted molar refractivity (Wildman–Crippen MR) is 75.5 cm³/mol. The van der Waals surface area contributed by atoms with Gasteiger partial charge in [0.1, 0.15) is 5.69 Å². The highest BCUT2D eigenvalue weighted by Gasteiger charge is 2.21. The Morgan fingerprint density at radius 1 is 1.50 bits per heavy atom. The van der Waals surface area contributed by atoms with Gasteiger partial charge in [-0.15, -0.1) is 0 Å². The van der Waals surface area contributed by atoms with Crippen molar-refractivity contribution >= 4 is 17.3 Å². The second-order valence-corrected chi connectivity index (χ2v) is 4.73. The second-order valence-electron chi connectivity index (χ2n) is 4.73. The van der Waals surface area contributed by atoms with Crippen molar-refractivity contribution in [2.75, 3.05) is 18.9 Å². The smallest absolute Gasteiger partial charge is 0.292 e. The highest BCUT2D eigenvalue weighted by Crippen LogP contribution is 2.25. The summed E-state index contributed by atoms with van der Waals surface area (Å²) in [6.07, 6.45) is 1.74. The number of nitro benzene ring substituents is 1. The van der Waals surface area contributed by atoms with E-state index in [2.05, 4.69) is 16.0 Å². The van der Waals surface area contributed by atoms with E-state index in [0.29, 0.717) is 12.2 Å². The van der Waals surface area contributed by atoms with Crippen LogP contribution in [0.3, 0.4) is 0 Å². The molecule has 1 heterocycles. The zero-order chi connectivity index (χ0) is 14.5. The number of piperidine rings is 1. The normalized spacial score (nSPS) is 18.4. The van der Waals surface area contributed by atoms with Gasteiger partial charge in [0.05, 0.1) is 11.0 Å². The Kier molecular flexibility index (Phi) is 4.52. The molecule has 7 nitrogen and oxygen atoms in total. The lowest BCUT2D eigenvalue weighted by molar-refractivity contribution is -0.384. The van der Waals surface area contributed by atoms with Crippen molar-refractivity contribution in [1.82, 2.24) is 10.6 Å². The molecule has 0 aliphatic carbocycles. The van der Waals surface area contributed by atoms with E-state index in [0.717, 1.165) is 24.9 Å². The van der Waals surface area contributed by atoms with Crippen LogP contribution in [0, 0.1) is 10.1 Å². The van der Waals surface area contributed by atoms with Crippen molar-refractivity contribution in [2.24, 2.45) is 0 Å². The average molecular weight is 278 g/mol. The largest absolute Gasteiger partial charge is 0.383 e. The number of carbonyl (C=O) groups excluding carboxylic acids is 1. The van der Waals surface area contributed by atoms with Crippen LogP contribution in [0.5, 0.6) is 0 Å². The van der Waals surface area contributed by atoms with Crippen LogP contribution in [0.25, 0.3) is 0 Å². The Balaban J connectivity index is 2.04. The number of carbonyl (C=O) groups is 1. The predicted octanol–water partition coefficient (Wildman–Crippen LogP) is 1.00. The summed E-state index contributed by atoms with van der Waals surface area (Å²) >= 11 is 0. The maximum Gasteiger partial charge on any atom is 0.292 e. The minimum atomic E-state index is -0.414. The molecule has 1 fully saturated rings. The van der Waals surface area contributed by atoms with Crippen LogP contribution in [-0.2, 0) is 11.3 Å². The minimum Gasteiger partial charge on any atom is -0.383 e. The molecule has 1 aliphatic heterocycles. The zero-order valence-electron chi connectivity index (χ0n) is 11.3. The van der Waals surface area contributed by atoms with Crippen LogP contribution in [-0.4, -0.2) is 30.5 Å². The number of nitrogens with zero attached hydrogens (tertiary/aromatic N) is 1. The molecule has 7 heteroatoms. The van der Waals surface area contributed by atoms with E-state index >= 15 is 0 Å². The molecule has 108 valence electrons. The first-order valence-corrected chi connectivity index (χ1v) is 6.58. The van der Waals surface area contributed by atoms with Crippen molar-refractivity contribution in [2.45, 2.75) is 25.4 Å². The highest BCUT2D eigenvalue weighted by molar-refractivity contribution is 5.82. The zero-order valence-corrected chi connectivity index (χ0v) is 11.3. The van der Waals surface area contributed by atoms with Crippen molar-refractivity contribution in [3.63, 3.8) is 0 Å². The van der Waals surface area contributed by atoms with Crippen molar-refractivity contribution in [3.05, 3.63) is 33.9 Å². The molecule has 20 heavy (non-hydrogen) atoms. The molecular weight excluding hydrogens is 260 g/mol. The summed E-state index contributed by atoms with van der Waals surface area (Å²) in [5.74, 6) is -0.00223. The molecule has 1 unspecified atom stereocenters. The van der Waals surface area contributed by atoms with E-state index in [1.54, 1.807) is 13.1 Å². The van der Waals surface area contributed by atoms with Gasteiger partial charge in [-0.3, -0.25) is 14.9 Å². The van der Waals surface area contributed by atoms with Crippen LogP contribution in [0.2, 0.25) is 0 Å². The van der Waals surface area contributed by atoms with Gasteiger partial charge >= 0.3 is 0 Å². The van der Waals surface area contributed by atoms with E-state index in [9.17, 15) is 14.9 Å². The first-order valence-electron chi connectivity index (χ1n) is 6.58. The van der Waals surface area contributed by atoms with Crippen LogP contribution >= 0.6 is 0 Å². The molecular formula is C13H18N4O3. The van der Waals surface area contributed by atoms with Crippen molar-refractivity contribution < 1.29 is 9.72 Å². The van der Waals surface area contributed by atoms with Crippen LogP contribution in [0.4, 0.5) is 11.4 Å². The number of benzene rings is 1. The molecule has 0 radical (unpaired) electrons. The third-order valence-electron chi connectivity index (χ3n) is 3.37. The number of nitro groups is 1. The van der Waals surface area contributed by atoms with Gasteiger partial charge in [0.25, 0.3) is 5.69 Å². The molecule has 1 aromatic rings. The van der Waals surface area contributed by atoms with E-state index in [-0.39, 0.29) is 17.6 Å². The lowest BCUT2D eigenvalue weighted by Crippen LogP contribution is -2.47. The summed E-state index contributed by atoms with van der Waals surface area (Å²) in [5.41, 5.74) is 1.31. The topological polar surface area (TPSA) is 96.3 Å². The third kappa shape index (κ3) is 3.24. The Hall–Kier alpha value is -2.15. The van der Waals surface area contributed by atoms with Crippen LogP contribution < -0.4 is 16.0 Å². The fraction of sp³-hybridized carbons (Fsp3) is 0.462. The maximum absolute atomic E-state index is 11.6. The summed E-state index contributed by atoms with van der Waals surface area (Å²) < 4.78 is 0. The Bertz CT molecular complexity index is 518. The quantitative estimate of drug-likeness (QED) is 0.551. The summed E-state index contributed by atoms with van der Waals surface area (Å²) in [7, 11) is 1.65. The molecule has 0 saturated carbocycles. The Morgan fingerprint density at radius 2 is 2.30 bits per heavy atom.